The Morgan fingerprint density at radius 2 is 1.72 bits per heavy atom. The van der Waals surface area contributed by atoms with Crippen molar-refractivity contribution in [1.82, 2.24) is 9.97 Å². The Morgan fingerprint density at radius 1 is 1.03 bits per heavy atom. The molecule has 2 heterocycles. The van der Waals surface area contributed by atoms with E-state index in [0.717, 1.165) is 36.4 Å². The van der Waals surface area contributed by atoms with E-state index in [2.05, 4.69) is 30.7 Å². The lowest BCUT2D eigenvalue weighted by molar-refractivity contribution is -0.145. The fraction of sp³-hybridized carbons (Fsp3) is 0.593. The lowest BCUT2D eigenvalue weighted by atomic mass is 9.94. The highest BCUT2D eigenvalue weighted by Crippen LogP contribution is 2.28. The summed E-state index contributed by atoms with van der Waals surface area (Å²) in [6.07, 6.45) is 14.2. The summed E-state index contributed by atoms with van der Waals surface area (Å²) >= 11 is 0. The monoisotopic (exact) mass is 438 g/mol. The Kier molecular flexibility index (Phi) is 9.51. The number of carbonyl (C=O) groups is 1. The van der Waals surface area contributed by atoms with E-state index in [-0.39, 0.29) is 18.0 Å². The number of hydrogen-bond acceptors (Lipinski definition) is 5. The summed E-state index contributed by atoms with van der Waals surface area (Å²) in [7, 11) is 0. The number of ether oxygens (including phenoxy) is 2. The number of hydrogen-bond donors (Lipinski definition) is 0. The zero-order chi connectivity index (χ0) is 22.8. The summed E-state index contributed by atoms with van der Waals surface area (Å²) in [6, 6.07) is 7.79. The molecule has 0 amide bonds. The van der Waals surface area contributed by atoms with Crippen molar-refractivity contribution in [2.45, 2.75) is 84.7 Å². The third-order valence-corrected chi connectivity index (χ3v) is 5.99. The summed E-state index contributed by atoms with van der Waals surface area (Å²) in [5, 5.41) is 0. The normalized spacial score (nSPS) is 18.2. The van der Waals surface area contributed by atoms with Crippen LogP contribution in [0.5, 0.6) is 5.75 Å². The quantitative estimate of drug-likeness (QED) is 0.267. The summed E-state index contributed by atoms with van der Waals surface area (Å²) < 4.78 is 11.3. The van der Waals surface area contributed by atoms with Gasteiger partial charge in [0.2, 0.25) is 0 Å². The number of carbonyl (C=O) groups excluding carboxylic acids is 1. The maximum Gasteiger partial charge on any atom is 0.309 e. The minimum atomic E-state index is -0.159. The standard InChI is InChI=1S/C27H38N2O3/c1-4-5-6-7-8-9-10-21-17-28-26(29-18-21)22-11-13-24(14-12-22)31-19-25-16-23(15-20(2)3)27(30)32-25/h11-14,17-18,20,23,25H,4-10,15-16,19H2,1-3H3. The maximum absolute atomic E-state index is 12.0. The number of cyclic esters (lactones) is 1. The highest BCUT2D eigenvalue weighted by molar-refractivity contribution is 5.74. The van der Waals surface area contributed by atoms with Crippen LogP contribution in [-0.4, -0.2) is 28.6 Å². The lowest BCUT2D eigenvalue weighted by Gasteiger charge is -2.12. The second kappa shape index (κ2) is 12.6. The molecule has 0 aliphatic carbocycles. The Hall–Kier alpha value is -2.43. The Morgan fingerprint density at radius 3 is 2.41 bits per heavy atom. The van der Waals surface area contributed by atoms with Gasteiger partial charge in [-0.2, -0.15) is 0 Å². The number of aryl methyl sites for hydroxylation is 1. The number of unbranched alkanes of at least 4 members (excludes halogenated alkanes) is 5. The van der Waals surface area contributed by atoms with Crippen molar-refractivity contribution in [3.05, 3.63) is 42.2 Å². The predicted molar refractivity (Wildman–Crippen MR) is 127 cm³/mol. The van der Waals surface area contributed by atoms with Crippen LogP contribution in [0.15, 0.2) is 36.7 Å². The average molecular weight is 439 g/mol. The van der Waals surface area contributed by atoms with Crippen molar-refractivity contribution in [2.24, 2.45) is 11.8 Å². The van der Waals surface area contributed by atoms with Gasteiger partial charge in [0.25, 0.3) is 0 Å². The molecule has 1 fully saturated rings. The van der Waals surface area contributed by atoms with Crippen LogP contribution in [0.2, 0.25) is 0 Å². The Balaban J connectivity index is 1.43. The van der Waals surface area contributed by atoms with Gasteiger partial charge in [0, 0.05) is 24.4 Å². The third kappa shape index (κ3) is 7.61. The van der Waals surface area contributed by atoms with Crippen molar-refractivity contribution in [1.29, 1.82) is 0 Å². The molecule has 0 N–H and O–H groups in total. The molecule has 5 nitrogen and oxygen atoms in total. The van der Waals surface area contributed by atoms with E-state index in [1.54, 1.807) is 0 Å². The van der Waals surface area contributed by atoms with Crippen molar-refractivity contribution in [2.75, 3.05) is 6.61 Å². The van der Waals surface area contributed by atoms with Gasteiger partial charge < -0.3 is 9.47 Å². The molecule has 1 aromatic heterocycles. The number of rotatable bonds is 13. The van der Waals surface area contributed by atoms with E-state index < -0.39 is 0 Å². The predicted octanol–water partition coefficient (Wildman–Crippen LogP) is 6.40. The minimum absolute atomic E-state index is 0.00662. The fourth-order valence-corrected chi connectivity index (χ4v) is 4.22. The SMILES string of the molecule is CCCCCCCCc1cnc(-c2ccc(OCC3CC(CC(C)C)C(=O)O3)cc2)nc1. The molecule has 1 saturated heterocycles. The second-order valence-corrected chi connectivity index (χ2v) is 9.39. The molecule has 0 spiro atoms. The van der Waals surface area contributed by atoms with Crippen LogP contribution < -0.4 is 4.74 Å². The zero-order valence-electron chi connectivity index (χ0n) is 19.9. The first-order valence-electron chi connectivity index (χ1n) is 12.3. The van der Waals surface area contributed by atoms with Gasteiger partial charge in [-0.3, -0.25) is 4.79 Å². The molecule has 1 aliphatic heterocycles. The molecule has 1 aromatic carbocycles. The van der Waals surface area contributed by atoms with Gasteiger partial charge in [0.1, 0.15) is 18.5 Å². The van der Waals surface area contributed by atoms with Gasteiger partial charge in [-0.1, -0.05) is 52.9 Å². The molecular formula is C27H38N2O3. The van der Waals surface area contributed by atoms with E-state index in [1.165, 1.54) is 44.1 Å². The summed E-state index contributed by atoms with van der Waals surface area (Å²) in [5.41, 5.74) is 2.17. The zero-order valence-corrected chi connectivity index (χ0v) is 19.9. The molecule has 2 unspecified atom stereocenters. The molecule has 2 aromatic rings. The average Bonchev–Trinajstić information content (AvgIpc) is 3.14. The first kappa shape index (κ1) is 24.2. The van der Waals surface area contributed by atoms with Crippen LogP contribution in [-0.2, 0) is 16.0 Å². The molecule has 1 aliphatic rings. The molecule has 32 heavy (non-hydrogen) atoms. The Bertz CT molecular complexity index is 818. The first-order chi connectivity index (χ1) is 15.5. The first-order valence-corrected chi connectivity index (χ1v) is 12.3. The maximum atomic E-state index is 12.0. The molecule has 174 valence electrons. The largest absolute Gasteiger partial charge is 0.490 e. The Labute approximate surface area is 193 Å². The summed E-state index contributed by atoms with van der Waals surface area (Å²) in [5.74, 6) is 1.90. The van der Waals surface area contributed by atoms with Crippen LogP contribution >= 0.6 is 0 Å². The fourth-order valence-electron chi connectivity index (χ4n) is 4.22. The number of nitrogens with zero attached hydrogens (tertiary/aromatic N) is 2. The van der Waals surface area contributed by atoms with Gasteiger partial charge in [0.05, 0.1) is 5.92 Å². The van der Waals surface area contributed by atoms with Crippen molar-refractivity contribution in [3.63, 3.8) is 0 Å². The van der Waals surface area contributed by atoms with Crippen LogP contribution in [0, 0.1) is 11.8 Å². The highest BCUT2D eigenvalue weighted by Gasteiger charge is 2.34. The van der Waals surface area contributed by atoms with Crippen LogP contribution in [0.25, 0.3) is 11.4 Å². The topological polar surface area (TPSA) is 61.3 Å². The number of esters is 1. The number of aromatic nitrogens is 2. The highest BCUT2D eigenvalue weighted by atomic mass is 16.6. The third-order valence-electron chi connectivity index (χ3n) is 5.99. The minimum Gasteiger partial charge on any atom is -0.490 e. The van der Waals surface area contributed by atoms with E-state index in [1.807, 2.05) is 36.7 Å². The van der Waals surface area contributed by atoms with Gasteiger partial charge in [-0.25, -0.2) is 9.97 Å². The van der Waals surface area contributed by atoms with Gasteiger partial charge in [0.15, 0.2) is 5.82 Å². The van der Waals surface area contributed by atoms with E-state index in [0.29, 0.717) is 12.5 Å². The van der Waals surface area contributed by atoms with Crippen molar-refractivity contribution in [3.8, 4) is 17.1 Å². The summed E-state index contributed by atoms with van der Waals surface area (Å²) in [6.45, 7) is 6.90. The van der Waals surface area contributed by atoms with Crippen molar-refractivity contribution < 1.29 is 14.3 Å². The second-order valence-electron chi connectivity index (χ2n) is 9.39. The van der Waals surface area contributed by atoms with E-state index in [4.69, 9.17) is 9.47 Å². The van der Waals surface area contributed by atoms with Crippen LogP contribution in [0.3, 0.4) is 0 Å². The molecule has 0 bridgehead atoms. The molecular weight excluding hydrogens is 400 g/mol. The van der Waals surface area contributed by atoms with Crippen LogP contribution in [0.1, 0.15) is 77.7 Å². The molecule has 2 atom stereocenters. The van der Waals surface area contributed by atoms with Gasteiger partial charge in [-0.05, 0) is 55.0 Å². The number of benzene rings is 1. The van der Waals surface area contributed by atoms with E-state index in [9.17, 15) is 4.79 Å². The molecule has 0 saturated carbocycles. The molecule has 3 rings (SSSR count). The molecule has 5 heteroatoms. The van der Waals surface area contributed by atoms with Crippen molar-refractivity contribution >= 4 is 5.97 Å². The van der Waals surface area contributed by atoms with Crippen LogP contribution in [0.4, 0.5) is 0 Å². The lowest BCUT2D eigenvalue weighted by Crippen LogP contribution is -2.17. The van der Waals surface area contributed by atoms with Gasteiger partial charge >= 0.3 is 5.97 Å². The van der Waals surface area contributed by atoms with E-state index >= 15 is 0 Å². The summed E-state index contributed by atoms with van der Waals surface area (Å²) in [4.78, 5) is 21.1. The van der Waals surface area contributed by atoms with Gasteiger partial charge in [-0.15, -0.1) is 0 Å². The molecule has 0 radical (unpaired) electrons. The smallest absolute Gasteiger partial charge is 0.309 e.